The lowest BCUT2D eigenvalue weighted by Gasteiger charge is -2.05. The number of rotatable bonds is 5. The topological polar surface area (TPSA) is 64.7 Å². The largest absolute Gasteiger partial charge is 0.322 e. The molecule has 1 aromatic carbocycles. The van der Waals surface area contributed by atoms with Gasteiger partial charge >= 0.3 is 0 Å². The van der Waals surface area contributed by atoms with E-state index < -0.39 is 0 Å². The van der Waals surface area contributed by atoms with Gasteiger partial charge in [-0.05, 0) is 47.5 Å². The van der Waals surface area contributed by atoms with E-state index in [9.17, 15) is 4.79 Å². The molecular weight excluding hydrogens is 441 g/mol. The Morgan fingerprint density at radius 2 is 2.04 bits per heavy atom. The molecule has 0 radical (unpaired) electrons. The second-order valence-electron chi connectivity index (χ2n) is 5.87. The van der Waals surface area contributed by atoms with Crippen molar-refractivity contribution < 1.29 is 4.79 Å². The molecule has 26 heavy (non-hydrogen) atoms. The Morgan fingerprint density at radius 1 is 1.27 bits per heavy atom. The molecule has 2 aromatic heterocycles. The van der Waals surface area contributed by atoms with Gasteiger partial charge in [0.05, 0.1) is 44.3 Å². The second-order valence-corrected chi connectivity index (χ2v) is 7.47. The zero-order valence-corrected chi connectivity index (χ0v) is 17.2. The molecule has 3 rings (SSSR count). The Balaban J connectivity index is 1.63. The molecule has 6 nitrogen and oxygen atoms in total. The average Bonchev–Trinajstić information content (AvgIpc) is 3.11. The Morgan fingerprint density at radius 3 is 2.69 bits per heavy atom. The fourth-order valence-electron chi connectivity index (χ4n) is 2.51. The van der Waals surface area contributed by atoms with Crippen LogP contribution in [0.5, 0.6) is 0 Å². The molecule has 1 amide bonds. The fraction of sp³-hybridized carbons (Fsp3) is 0.235. The van der Waals surface area contributed by atoms with Crippen LogP contribution in [-0.4, -0.2) is 25.5 Å². The van der Waals surface area contributed by atoms with Crippen LogP contribution in [0.2, 0.25) is 10.0 Å². The average molecular weight is 457 g/mol. The van der Waals surface area contributed by atoms with Crippen LogP contribution in [0.4, 0.5) is 5.69 Å². The first-order valence-corrected chi connectivity index (χ1v) is 9.34. The first kappa shape index (κ1) is 18.9. The minimum atomic E-state index is -0.169. The fourth-order valence-corrected chi connectivity index (χ4v) is 3.11. The lowest BCUT2D eigenvalue weighted by atomic mass is 10.2. The number of nitrogens with one attached hydrogen (secondary N) is 1. The summed E-state index contributed by atoms with van der Waals surface area (Å²) in [6.07, 6.45) is 3.37. The van der Waals surface area contributed by atoms with Gasteiger partial charge in [-0.2, -0.15) is 10.2 Å². The van der Waals surface area contributed by atoms with Gasteiger partial charge in [-0.1, -0.05) is 29.3 Å². The van der Waals surface area contributed by atoms with E-state index in [-0.39, 0.29) is 12.5 Å². The highest BCUT2D eigenvalue weighted by Gasteiger charge is 2.12. The van der Waals surface area contributed by atoms with Crippen LogP contribution in [0.3, 0.4) is 0 Å². The number of aryl methyl sites for hydroxylation is 1. The van der Waals surface area contributed by atoms with Crippen LogP contribution >= 0.6 is 39.1 Å². The highest BCUT2D eigenvalue weighted by Crippen LogP contribution is 2.23. The lowest BCUT2D eigenvalue weighted by Crippen LogP contribution is -2.20. The quantitative estimate of drug-likeness (QED) is 0.616. The van der Waals surface area contributed by atoms with E-state index in [0.29, 0.717) is 22.3 Å². The van der Waals surface area contributed by atoms with E-state index >= 15 is 0 Å². The predicted octanol–water partition coefficient (Wildman–Crippen LogP) is 4.45. The third kappa shape index (κ3) is 4.28. The van der Waals surface area contributed by atoms with E-state index in [0.717, 1.165) is 21.4 Å². The van der Waals surface area contributed by atoms with Gasteiger partial charge < -0.3 is 5.32 Å². The number of carbonyl (C=O) groups excluding carboxylic acids is 1. The Bertz CT molecular complexity index is 966. The smallest absolute Gasteiger partial charge is 0.246 e. The summed E-state index contributed by atoms with van der Waals surface area (Å²) in [6.45, 7) is 4.46. The summed E-state index contributed by atoms with van der Waals surface area (Å²) in [7, 11) is 0. The number of anilines is 1. The van der Waals surface area contributed by atoms with Crippen LogP contribution in [0, 0.1) is 13.8 Å². The van der Waals surface area contributed by atoms with Crippen LogP contribution in [0.25, 0.3) is 0 Å². The molecule has 1 N–H and O–H groups in total. The molecular formula is C17H16BrCl2N5O. The van der Waals surface area contributed by atoms with Gasteiger partial charge in [0.2, 0.25) is 5.91 Å². The van der Waals surface area contributed by atoms with Crippen LogP contribution in [0.15, 0.2) is 35.1 Å². The molecule has 0 unspecified atom stereocenters. The van der Waals surface area contributed by atoms with E-state index in [1.807, 2.05) is 19.9 Å². The van der Waals surface area contributed by atoms with Crippen LogP contribution in [-0.2, 0) is 17.9 Å². The standard InChI is InChI=1S/C17H16BrCl2N5O/c1-10-17(18)11(2)25(23-10)9-16(26)22-13-6-21-24(8-13)7-12-3-4-14(19)15(20)5-12/h3-6,8H,7,9H2,1-2H3,(H,22,26). The van der Waals surface area contributed by atoms with E-state index in [2.05, 4.69) is 31.4 Å². The minimum absolute atomic E-state index is 0.135. The number of halogens is 3. The Hall–Kier alpha value is -1.83. The number of nitrogens with zero attached hydrogens (tertiary/aromatic N) is 4. The molecule has 0 aliphatic carbocycles. The molecule has 3 aromatic rings. The molecule has 9 heteroatoms. The Kier molecular flexibility index (Phi) is 5.70. The molecule has 0 saturated carbocycles. The first-order chi connectivity index (χ1) is 12.3. The number of carbonyl (C=O) groups is 1. The molecule has 2 heterocycles. The molecule has 0 spiro atoms. The summed E-state index contributed by atoms with van der Waals surface area (Å²) in [5.74, 6) is -0.169. The maximum absolute atomic E-state index is 12.2. The van der Waals surface area contributed by atoms with Gasteiger partial charge in [0, 0.05) is 6.20 Å². The van der Waals surface area contributed by atoms with Crippen LogP contribution in [0.1, 0.15) is 17.0 Å². The molecule has 136 valence electrons. The summed E-state index contributed by atoms with van der Waals surface area (Å²) < 4.78 is 4.30. The summed E-state index contributed by atoms with van der Waals surface area (Å²) in [5.41, 5.74) is 3.35. The number of hydrogen-bond donors (Lipinski definition) is 1. The minimum Gasteiger partial charge on any atom is -0.322 e. The number of amides is 1. The van der Waals surface area contributed by atoms with Crippen molar-refractivity contribution in [1.29, 1.82) is 0 Å². The third-order valence-corrected chi connectivity index (χ3v) is 5.72. The molecule has 0 aliphatic heterocycles. The van der Waals surface area contributed by atoms with E-state index in [4.69, 9.17) is 23.2 Å². The zero-order valence-electron chi connectivity index (χ0n) is 14.1. The van der Waals surface area contributed by atoms with E-state index in [1.54, 1.807) is 33.9 Å². The van der Waals surface area contributed by atoms with Gasteiger partial charge in [-0.3, -0.25) is 14.2 Å². The van der Waals surface area contributed by atoms with Crippen molar-refractivity contribution >= 4 is 50.7 Å². The van der Waals surface area contributed by atoms with Crippen molar-refractivity contribution in [3.8, 4) is 0 Å². The number of hydrogen-bond acceptors (Lipinski definition) is 3. The van der Waals surface area contributed by atoms with Crippen molar-refractivity contribution in [3.05, 3.63) is 62.1 Å². The lowest BCUT2D eigenvalue weighted by molar-refractivity contribution is -0.116. The summed E-state index contributed by atoms with van der Waals surface area (Å²) in [5, 5.41) is 12.4. The van der Waals surface area contributed by atoms with E-state index in [1.165, 1.54) is 0 Å². The number of benzene rings is 1. The van der Waals surface area contributed by atoms with Crippen molar-refractivity contribution in [2.75, 3.05) is 5.32 Å². The van der Waals surface area contributed by atoms with Gasteiger partial charge in [0.15, 0.2) is 0 Å². The maximum atomic E-state index is 12.2. The van der Waals surface area contributed by atoms with Crippen molar-refractivity contribution in [1.82, 2.24) is 19.6 Å². The number of aromatic nitrogens is 4. The highest BCUT2D eigenvalue weighted by atomic mass is 79.9. The molecule has 0 saturated heterocycles. The molecule has 0 atom stereocenters. The summed E-state index contributed by atoms with van der Waals surface area (Å²) in [4.78, 5) is 12.2. The SMILES string of the molecule is Cc1nn(CC(=O)Nc2cnn(Cc3ccc(Cl)c(Cl)c3)c2)c(C)c1Br. The second kappa shape index (κ2) is 7.82. The summed E-state index contributed by atoms with van der Waals surface area (Å²) in [6, 6.07) is 5.43. The first-order valence-electron chi connectivity index (χ1n) is 7.79. The monoisotopic (exact) mass is 455 g/mol. The van der Waals surface area contributed by atoms with Gasteiger partial charge in [0.25, 0.3) is 0 Å². The normalized spacial score (nSPS) is 11.0. The molecule has 0 bridgehead atoms. The van der Waals surface area contributed by atoms with Gasteiger partial charge in [-0.15, -0.1) is 0 Å². The highest BCUT2D eigenvalue weighted by molar-refractivity contribution is 9.10. The molecule has 0 aliphatic rings. The zero-order chi connectivity index (χ0) is 18.8. The van der Waals surface area contributed by atoms with Crippen LogP contribution < -0.4 is 5.32 Å². The van der Waals surface area contributed by atoms with Crippen molar-refractivity contribution in [3.63, 3.8) is 0 Å². The van der Waals surface area contributed by atoms with Gasteiger partial charge in [0.1, 0.15) is 6.54 Å². The maximum Gasteiger partial charge on any atom is 0.246 e. The van der Waals surface area contributed by atoms with Crippen molar-refractivity contribution in [2.45, 2.75) is 26.9 Å². The molecule has 0 fully saturated rings. The third-order valence-electron chi connectivity index (χ3n) is 3.83. The van der Waals surface area contributed by atoms with Gasteiger partial charge in [-0.25, -0.2) is 0 Å². The predicted molar refractivity (Wildman–Crippen MR) is 106 cm³/mol. The Labute approximate surface area is 169 Å². The summed E-state index contributed by atoms with van der Waals surface area (Å²) >= 11 is 15.4. The van der Waals surface area contributed by atoms with Crippen molar-refractivity contribution in [2.24, 2.45) is 0 Å².